The van der Waals surface area contributed by atoms with E-state index in [-0.39, 0.29) is 30.3 Å². The zero-order valence-electron chi connectivity index (χ0n) is 26.3. The van der Waals surface area contributed by atoms with Crippen LogP contribution in [0.15, 0.2) is 60.4 Å². The van der Waals surface area contributed by atoms with E-state index in [2.05, 4.69) is 25.2 Å². The molecule has 13 heteroatoms. The summed E-state index contributed by atoms with van der Waals surface area (Å²) in [6.45, 7) is 5.74. The van der Waals surface area contributed by atoms with Crippen molar-refractivity contribution in [3.8, 4) is 16.9 Å². The van der Waals surface area contributed by atoms with Gasteiger partial charge in [-0.05, 0) is 42.7 Å². The number of amides is 2. The van der Waals surface area contributed by atoms with E-state index in [0.29, 0.717) is 68.1 Å². The molecule has 3 aromatic heterocycles. The maximum atomic E-state index is 16.6. The van der Waals surface area contributed by atoms with Gasteiger partial charge in [-0.3, -0.25) is 14.3 Å². The number of fused-ring (bicyclic) bond motifs is 1. The molecule has 0 aliphatic carbocycles. The first-order valence-electron chi connectivity index (χ1n) is 15.7. The number of piperazine rings is 1. The number of para-hydroxylation sites is 1. The molecule has 0 saturated carbocycles. The Balaban J connectivity index is 1.20. The molecule has 11 nitrogen and oxygen atoms in total. The zero-order valence-corrected chi connectivity index (χ0v) is 27.1. The fraction of sp³-hybridized carbons (Fsp3) is 0.324. The molecule has 0 atom stereocenters. The number of aromatic nitrogens is 5. The van der Waals surface area contributed by atoms with Crippen LogP contribution in [-0.2, 0) is 11.3 Å². The summed E-state index contributed by atoms with van der Waals surface area (Å²) in [6, 6.07) is 11.2. The van der Waals surface area contributed by atoms with Gasteiger partial charge in [-0.2, -0.15) is 0 Å². The molecule has 2 aromatic carbocycles. The van der Waals surface area contributed by atoms with E-state index in [1.54, 1.807) is 46.5 Å². The number of hydrogen-bond donors (Lipinski definition) is 1. The van der Waals surface area contributed by atoms with Crippen molar-refractivity contribution in [1.29, 1.82) is 0 Å². The molecule has 0 bridgehead atoms. The van der Waals surface area contributed by atoms with Crippen molar-refractivity contribution in [2.75, 3.05) is 51.3 Å². The highest BCUT2D eigenvalue weighted by atomic mass is 32.1. The largest absolute Gasteiger partial charge is 0.496 e. The van der Waals surface area contributed by atoms with Gasteiger partial charge < -0.3 is 24.4 Å². The monoisotopic (exact) mass is 654 g/mol. The van der Waals surface area contributed by atoms with Crippen molar-refractivity contribution in [3.05, 3.63) is 83.1 Å². The van der Waals surface area contributed by atoms with Gasteiger partial charge in [0.05, 0.1) is 36.6 Å². The Morgan fingerprint density at radius 2 is 1.87 bits per heavy atom. The maximum Gasteiger partial charge on any atom is 0.270 e. The van der Waals surface area contributed by atoms with E-state index in [0.717, 1.165) is 27.4 Å². The van der Waals surface area contributed by atoms with Crippen molar-refractivity contribution < 1.29 is 18.7 Å². The Kier molecular flexibility index (Phi) is 8.46. The van der Waals surface area contributed by atoms with E-state index in [4.69, 9.17) is 4.74 Å². The van der Waals surface area contributed by atoms with Crippen molar-refractivity contribution in [2.45, 2.75) is 26.3 Å². The summed E-state index contributed by atoms with van der Waals surface area (Å²) in [7, 11) is 1.60. The minimum Gasteiger partial charge on any atom is -0.496 e. The van der Waals surface area contributed by atoms with Gasteiger partial charge in [0.1, 0.15) is 16.4 Å². The van der Waals surface area contributed by atoms with Gasteiger partial charge in [0.15, 0.2) is 5.82 Å². The molecule has 1 N–H and O–H groups in total. The lowest BCUT2D eigenvalue weighted by Gasteiger charge is -2.35. The Bertz CT molecular complexity index is 1960. The van der Waals surface area contributed by atoms with Crippen LogP contribution in [-0.4, -0.2) is 93.0 Å². The van der Waals surface area contributed by atoms with Gasteiger partial charge >= 0.3 is 0 Å². The van der Waals surface area contributed by atoms with Gasteiger partial charge in [0, 0.05) is 68.4 Å². The van der Waals surface area contributed by atoms with Gasteiger partial charge in [-0.25, -0.2) is 9.37 Å². The molecule has 0 spiro atoms. The molecule has 2 aliphatic heterocycles. The number of ether oxygens (including phenoxy) is 1. The predicted molar refractivity (Wildman–Crippen MR) is 179 cm³/mol. The third-order valence-corrected chi connectivity index (χ3v) is 9.92. The summed E-state index contributed by atoms with van der Waals surface area (Å²) in [5, 5.41) is 9.46. The van der Waals surface area contributed by atoms with E-state index in [9.17, 15) is 9.59 Å². The molecule has 242 valence electrons. The van der Waals surface area contributed by atoms with Gasteiger partial charge in [-0.1, -0.05) is 29.5 Å². The number of halogens is 1. The number of thiazole rings is 1. The highest BCUT2D eigenvalue weighted by molar-refractivity contribution is 7.14. The quantitative estimate of drug-likeness (QED) is 0.251. The molecule has 5 aromatic rings. The van der Waals surface area contributed by atoms with Crippen LogP contribution in [0.2, 0.25) is 0 Å². The number of methoxy groups -OCH3 is 1. The SMILES string of the molecule is COc1ccccc1-c1cc(C2=CCCN(C(=O)CCn3ccnn3)C2)c(F)c2[nH]c(C(=O)N3CCN(c4scnc4C)CC3)cc12. The number of aromatic amines is 1. The number of aryl methyl sites for hydroxylation is 2. The summed E-state index contributed by atoms with van der Waals surface area (Å²) in [6.07, 6.45) is 6.17. The molecular formula is C34H35FN8O3S. The first-order chi connectivity index (χ1) is 22.9. The number of carbonyl (C=O) groups excluding carboxylic acids is 2. The molecular weight excluding hydrogens is 619 g/mol. The smallest absolute Gasteiger partial charge is 0.270 e. The summed E-state index contributed by atoms with van der Waals surface area (Å²) < 4.78 is 23.9. The third-order valence-electron chi connectivity index (χ3n) is 8.93. The van der Waals surface area contributed by atoms with E-state index < -0.39 is 5.82 Å². The Labute approximate surface area is 275 Å². The van der Waals surface area contributed by atoms with Crippen LogP contribution in [0, 0.1) is 12.7 Å². The van der Waals surface area contributed by atoms with Crippen LogP contribution in [0.3, 0.4) is 0 Å². The minimum atomic E-state index is -0.452. The first kappa shape index (κ1) is 30.6. The summed E-state index contributed by atoms with van der Waals surface area (Å²) in [5.74, 6) is -0.0189. The van der Waals surface area contributed by atoms with Crippen LogP contribution in [0.25, 0.3) is 27.6 Å². The molecule has 1 fully saturated rings. The molecule has 1 saturated heterocycles. The average Bonchev–Trinajstić information content (AvgIpc) is 3.89. The molecule has 5 heterocycles. The van der Waals surface area contributed by atoms with Crippen molar-refractivity contribution >= 4 is 44.6 Å². The fourth-order valence-electron chi connectivity index (χ4n) is 6.45. The number of nitrogens with zero attached hydrogens (tertiary/aromatic N) is 7. The number of carbonyl (C=O) groups is 2. The van der Waals surface area contributed by atoms with Crippen molar-refractivity contribution in [1.82, 2.24) is 34.8 Å². The minimum absolute atomic E-state index is 0.0316. The summed E-state index contributed by atoms with van der Waals surface area (Å²) >= 11 is 1.61. The second-order valence-electron chi connectivity index (χ2n) is 11.7. The van der Waals surface area contributed by atoms with Gasteiger partial charge in [0.2, 0.25) is 5.91 Å². The molecule has 2 aliphatic rings. The van der Waals surface area contributed by atoms with E-state index in [1.807, 2.05) is 53.7 Å². The number of nitrogens with one attached hydrogen (secondary N) is 1. The van der Waals surface area contributed by atoms with Crippen molar-refractivity contribution in [2.24, 2.45) is 0 Å². The molecule has 0 unspecified atom stereocenters. The lowest BCUT2D eigenvalue weighted by atomic mass is 9.93. The zero-order chi connectivity index (χ0) is 32.5. The molecule has 2 amide bonds. The predicted octanol–water partition coefficient (Wildman–Crippen LogP) is 5.01. The normalized spacial score (nSPS) is 15.3. The fourth-order valence-corrected chi connectivity index (χ4v) is 7.32. The number of H-pyrrole nitrogens is 1. The van der Waals surface area contributed by atoms with Crippen LogP contribution < -0.4 is 9.64 Å². The highest BCUT2D eigenvalue weighted by Gasteiger charge is 2.28. The number of benzene rings is 2. The van der Waals surface area contributed by atoms with Crippen LogP contribution in [0.1, 0.15) is 34.6 Å². The van der Waals surface area contributed by atoms with Crippen LogP contribution in [0.4, 0.5) is 9.39 Å². The van der Waals surface area contributed by atoms with Crippen molar-refractivity contribution in [3.63, 3.8) is 0 Å². The lowest BCUT2D eigenvalue weighted by molar-refractivity contribution is -0.131. The highest BCUT2D eigenvalue weighted by Crippen LogP contribution is 2.40. The number of rotatable bonds is 8. The first-order valence-corrected chi connectivity index (χ1v) is 16.5. The standard InChI is InChI=1S/C34H35FN8O3S/c1-22-34(47-21-36-22)41-16-14-40(15-17-41)33(45)28-19-27-26(24-7-3-4-8-29(24)46-2)18-25(31(35)32(27)38-28)23-6-5-11-42(20-23)30(44)9-12-43-13-10-37-39-43/h3-4,6-8,10,13,18-19,21,38H,5,9,11-12,14-17,20H2,1-2H3. The topological polar surface area (TPSA) is 112 Å². The van der Waals surface area contributed by atoms with E-state index >= 15 is 4.39 Å². The lowest BCUT2D eigenvalue weighted by Crippen LogP contribution is -2.48. The maximum absolute atomic E-state index is 16.6. The number of hydrogen-bond acceptors (Lipinski definition) is 8. The van der Waals surface area contributed by atoms with Crippen LogP contribution >= 0.6 is 11.3 Å². The molecule has 7 rings (SSSR count). The molecule has 0 radical (unpaired) electrons. The molecule has 47 heavy (non-hydrogen) atoms. The second-order valence-corrected chi connectivity index (χ2v) is 12.6. The number of anilines is 1. The van der Waals surface area contributed by atoms with Gasteiger partial charge in [0.25, 0.3) is 5.91 Å². The van der Waals surface area contributed by atoms with Crippen LogP contribution in [0.5, 0.6) is 5.75 Å². The third kappa shape index (κ3) is 5.98. The second kappa shape index (κ2) is 13.0. The Hall–Kier alpha value is -5.04. The average molecular weight is 655 g/mol. The van der Waals surface area contributed by atoms with Gasteiger partial charge in [-0.15, -0.1) is 16.4 Å². The summed E-state index contributed by atoms with van der Waals surface area (Å²) in [4.78, 5) is 40.3. The summed E-state index contributed by atoms with van der Waals surface area (Å²) in [5.41, 5.74) is 6.05. The van der Waals surface area contributed by atoms with E-state index in [1.165, 1.54) is 0 Å². The Morgan fingerprint density at radius 1 is 1.04 bits per heavy atom. The Morgan fingerprint density at radius 3 is 2.62 bits per heavy atom.